The fourth-order valence-electron chi connectivity index (χ4n) is 1.37. The van der Waals surface area contributed by atoms with E-state index in [1.165, 1.54) is 23.8 Å². The summed E-state index contributed by atoms with van der Waals surface area (Å²) in [6, 6.07) is 0. The molecule has 1 aromatic rings. The Morgan fingerprint density at radius 3 is 2.53 bits per heavy atom. The van der Waals surface area contributed by atoms with Crippen molar-refractivity contribution in [2.45, 2.75) is 0 Å². The molecule has 0 unspecified atom stereocenters. The minimum absolute atomic E-state index is 0.116. The van der Waals surface area contributed by atoms with Crippen LogP contribution in [0.3, 0.4) is 0 Å². The Labute approximate surface area is 113 Å². The van der Waals surface area contributed by atoms with Crippen molar-refractivity contribution < 1.29 is 17.6 Å². The summed E-state index contributed by atoms with van der Waals surface area (Å²) in [5.41, 5.74) is 0.265. The van der Waals surface area contributed by atoms with E-state index >= 15 is 0 Å². The molecule has 0 saturated heterocycles. The first-order chi connectivity index (χ1) is 8.79. The molecule has 19 heavy (non-hydrogen) atoms. The van der Waals surface area contributed by atoms with Gasteiger partial charge in [0.05, 0.1) is 5.75 Å². The molecule has 8 heteroatoms. The van der Waals surface area contributed by atoms with Gasteiger partial charge in [-0.2, -0.15) is 0 Å². The van der Waals surface area contributed by atoms with E-state index in [2.05, 4.69) is 4.98 Å². The van der Waals surface area contributed by atoms with Crippen molar-refractivity contribution in [3.8, 4) is 0 Å². The summed E-state index contributed by atoms with van der Waals surface area (Å²) >= 11 is 0. The molecule has 0 aromatic carbocycles. The van der Waals surface area contributed by atoms with E-state index in [1.807, 2.05) is 11.9 Å². The minimum Gasteiger partial charge on any atom is -0.451 e. The summed E-state index contributed by atoms with van der Waals surface area (Å²) in [5, 5.41) is 0. The minimum atomic E-state index is -2.95. The molecule has 1 rings (SSSR count). The van der Waals surface area contributed by atoms with E-state index in [0.29, 0.717) is 19.6 Å². The van der Waals surface area contributed by atoms with Crippen molar-refractivity contribution in [1.29, 1.82) is 0 Å². The van der Waals surface area contributed by atoms with Gasteiger partial charge in [0.2, 0.25) is 0 Å². The predicted octanol–water partition coefficient (Wildman–Crippen LogP) is -0.277. The van der Waals surface area contributed by atoms with E-state index < -0.39 is 9.84 Å². The maximum absolute atomic E-state index is 11.8. The number of nitrogens with zero attached hydrogens (tertiary/aromatic N) is 3. The Kier molecular flexibility index (Phi) is 5.49. The second-order valence-electron chi connectivity index (χ2n) is 4.53. The van der Waals surface area contributed by atoms with Gasteiger partial charge in [-0.25, -0.2) is 13.4 Å². The lowest BCUT2D eigenvalue weighted by atomic mass is 10.4. The Balaban J connectivity index is 2.34. The molecule has 0 N–H and O–H groups in total. The van der Waals surface area contributed by atoms with Crippen molar-refractivity contribution in [3.05, 3.63) is 18.4 Å². The number of carbonyl (C=O) groups is 1. The van der Waals surface area contributed by atoms with Crippen LogP contribution in [-0.2, 0) is 9.84 Å². The molecule has 0 aliphatic rings. The van der Waals surface area contributed by atoms with Crippen molar-refractivity contribution in [2.24, 2.45) is 0 Å². The molecular formula is C11H19N3O4S. The summed E-state index contributed by atoms with van der Waals surface area (Å²) in [7, 11) is 0.533. The number of aromatic nitrogens is 1. The van der Waals surface area contributed by atoms with Gasteiger partial charge in [-0.3, -0.25) is 4.79 Å². The van der Waals surface area contributed by atoms with Crippen LogP contribution in [-0.4, -0.2) is 74.8 Å². The number of carbonyl (C=O) groups excluding carboxylic acids is 1. The second-order valence-corrected chi connectivity index (χ2v) is 6.79. The van der Waals surface area contributed by atoms with Crippen LogP contribution in [0.2, 0.25) is 0 Å². The number of amides is 1. The first kappa shape index (κ1) is 15.6. The lowest BCUT2D eigenvalue weighted by Crippen LogP contribution is -2.36. The van der Waals surface area contributed by atoms with E-state index in [1.54, 1.807) is 7.05 Å². The zero-order valence-electron chi connectivity index (χ0n) is 11.4. The fraction of sp³-hybridized carbons (Fsp3) is 0.636. The maximum Gasteiger partial charge on any atom is 0.275 e. The molecule has 1 amide bonds. The van der Waals surface area contributed by atoms with Crippen LogP contribution < -0.4 is 0 Å². The highest BCUT2D eigenvalue weighted by atomic mass is 32.2. The topological polar surface area (TPSA) is 83.7 Å². The normalized spacial score (nSPS) is 11.8. The molecule has 7 nitrogen and oxygen atoms in total. The zero-order valence-corrected chi connectivity index (χ0v) is 12.2. The van der Waals surface area contributed by atoms with Gasteiger partial charge in [0.1, 0.15) is 16.1 Å². The van der Waals surface area contributed by atoms with Crippen LogP contribution in [0.4, 0.5) is 0 Å². The van der Waals surface area contributed by atoms with Gasteiger partial charge >= 0.3 is 0 Å². The van der Waals surface area contributed by atoms with E-state index in [4.69, 9.17) is 4.42 Å². The Morgan fingerprint density at radius 1 is 1.32 bits per heavy atom. The van der Waals surface area contributed by atoms with Crippen molar-refractivity contribution in [1.82, 2.24) is 14.8 Å². The molecule has 108 valence electrons. The highest BCUT2D eigenvalue weighted by Gasteiger charge is 2.14. The summed E-state index contributed by atoms with van der Waals surface area (Å²) in [5.74, 6) is -0.102. The first-order valence-electron chi connectivity index (χ1n) is 5.79. The van der Waals surface area contributed by atoms with Crippen LogP contribution in [0.25, 0.3) is 0 Å². The third kappa shape index (κ3) is 5.84. The standard InChI is InChI=1S/C11H19N3O4S/c1-13(6-7-19(3,16)17)4-5-14(2)11(15)10-8-18-9-12-10/h8-9H,4-7H2,1-3H3. The highest BCUT2D eigenvalue weighted by molar-refractivity contribution is 7.90. The fourth-order valence-corrected chi connectivity index (χ4v) is 2.01. The van der Waals surface area contributed by atoms with E-state index in [0.717, 1.165) is 0 Å². The monoisotopic (exact) mass is 289 g/mol. The summed E-state index contributed by atoms with van der Waals surface area (Å²) in [6.07, 6.45) is 3.71. The quantitative estimate of drug-likeness (QED) is 0.686. The van der Waals surface area contributed by atoms with Crippen molar-refractivity contribution >= 4 is 15.7 Å². The van der Waals surface area contributed by atoms with Crippen LogP contribution in [0.1, 0.15) is 10.5 Å². The Morgan fingerprint density at radius 2 is 2.00 bits per heavy atom. The molecule has 0 aliphatic carbocycles. The van der Waals surface area contributed by atoms with E-state index in [-0.39, 0.29) is 17.4 Å². The van der Waals surface area contributed by atoms with Crippen LogP contribution >= 0.6 is 0 Å². The Hall–Kier alpha value is -1.41. The van der Waals surface area contributed by atoms with Gasteiger partial charge in [0.25, 0.3) is 5.91 Å². The van der Waals surface area contributed by atoms with Gasteiger partial charge in [-0.05, 0) is 7.05 Å². The van der Waals surface area contributed by atoms with Gasteiger partial charge in [0, 0.05) is 32.9 Å². The number of oxazole rings is 1. The molecule has 0 radical (unpaired) electrons. The number of likely N-dealkylation sites (N-methyl/N-ethyl adjacent to an activating group) is 2. The molecule has 1 aromatic heterocycles. The smallest absolute Gasteiger partial charge is 0.275 e. The molecule has 0 fully saturated rings. The third-order valence-corrected chi connectivity index (χ3v) is 3.58. The summed E-state index contributed by atoms with van der Waals surface area (Å²) < 4.78 is 26.8. The van der Waals surface area contributed by atoms with E-state index in [9.17, 15) is 13.2 Å². The molecule has 0 spiro atoms. The second kappa shape index (κ2) is 6.67. The zero-order chi connectivity index (χ0) is 14.5. The molecule has 0 bridgehead atoms. The summed E-state index contributed by atoms with van der Waals surface area (Å²) in [4.78, 5) is 19.0. The molecule has 0 atom stereocenters. The number of hydrogen-bond acceptors (Lipinski definition) is 6. The predicted molar refractivity (Wildman–Crippen MR) is 70.7 cm³/mol. The number of sulfone groups is 1. The van der Waals surface area contributed by atoms with Gasteiger partial charge in [0.15, 0.2) is 12.1 Å². The maximum atomic E-state index is 11.8. The Bertz CT molecular complexity index is 498. The van der Waals surface area contributed by atoms with Gasteiger partial charge in [-0.15, -0.1) is 0 Å². The van der Waals surface area contributed by atoms with Gasteiger partial charge in [-0.1, -0.05) is 0 Å². The number of rotatable bonds is 7. The van der Waals surface area contributed by atoms with Crippen LogP contribution in [0.5, 0.6) is 0 Å². The average molecular weight is 289 g/mol. The van der Waals surface area contributed by atoms with Gasteiger partial charge < -0.3 is 14.2 Å². The van der Waals surface area contributed by atoms with Crippen molar-refractivity contribution in [2.75, 3.05) is 45.7 Å². The highest BCUT2D eigenvalue weighted by Crippen LogP contribution is 2.00. The largest absolute Gasteiger partial charge is 0.451 e. The molecule has 1 heterocycles. The van der Waals surface area contributed by atoms with Crippen LogP contribution in [0, 0.1) is 0 Å². The average Bonchev–Trinajstić information content (AvgIpc) is 2.85. The SMILES string of the molecule is CN(CCN(C)C(=O)c1cocn1)CCS(C)(=O)=O. The molecular weight excluding hydrogens is 270 g/mol. The van der Waals surface area contributed by atoms with Crippen LogP contribution in [0.15, 0.2) is 17.1 Å². The number of hydrogen-bond donors (Lipinski definition) is 0. The third-order valence-electron chi connectivity index (χ3n) is 2.66. The first-order valence-corrected chi connectivity index (χ1v) is 7.85. The lowest BCUT2D eigenvalue weighted by molar-refractivity contribution is 0.0777. The lowest BCUT2D eigenvalue weighted by Gasteiger charge is -2.21. The summed E-state index contributed by atoms with van der Waals surface area (Å²) in [6.45, 7) is 1.53. The molecule has 0 saturated carbocycles. The van der Waals surface area contributed by atoms with Crippen molar-refractivity contribution in [3.63, 3.8) is 0 Å². The molecule has 0 aliphatic heterocycles.